The highest BCUT2D eigenvalue weighted by Crippen LogP contribution is 2.19. The SMILES string of the molecule is COc1cccc(C(=O)c2ccccc2I)c1. The van der Waals surface area contributed by atoms with E-state index in [2.05, 4.69) is 22.6 Å². The summed E-state index contributed by atoms with van der Waals surface area (Å²) in [6.07, 6.45) is 0. The fraction of sp³-hybridized carbons (Fsp3) is 0.0714. The zero-order valence-electron chi connectivity index (χ0n) is 9.31. The maximum atomic E-state index is 12.3. The second kappa shape index (κ2) is 5.31. The lowest BCUT2D eigenvalue weighted by atomic mass is 10.0. The first kappa shape index (κ1) is 12.1. The molecule has 2 nitrogen and oxygen atoms in total. The van der Waals surface area contributed by atoms with Crippen molar-refractivity contribution >= 4 is 28.4 Å². The molecule has 2 aromatic rings. The number of halogens is 1. The monoisotopic (exact) mass is 338 g/mol. The molecular formula is C14H11IO2. The highest BCUT2D eigenvalue weighted by atomic mass is 127. The Labute approximate surface area is 114 Å². The molecule has 0 bridgehead atoms. The van der Waals surface area contributed by atoms with E-state index in [-0.39, 0.29) is 5.78 Å². The van der Waals surface area contributed by atoms with E-state index >= 15 is 0 Å². The van der Waals surface area contributed by atoms with Crippen molar-refractivity contribution in [3.05, 3.63) is 63.2 Å². The van der Waals surface area contributed by atoms with Crippen molar-refractivity contribution in [1.82, 2.24) is 0 Å². The van der Waals surface area contributed by atoms with Crippen LogP contribution in [0.15, 0.2) is 48.5 Å². The third-order valence-electron chi connectivity index (χ3n) is 2.45. The molecule has 0 saturated carbocycles. The van der Waals surface area contributed by atoms with Crippen molar-refractivity contribution < 1.29 is 9.53 Å². The van der Waals surface area contributed by atoms with E-state index in [1.54, 1.807) is 19.2 Å². The van der Waals surface area contributed by atoms with Crippen LogP contribution in [0.4, 0.5) is 0 Å². The normalized spacial score (nSPS) is 10.0. The fourth-order valence-corrected chi connectivity index (χ4v) is 2.20. The van der Waals surface area contributed by atoms with Gasteiger partial charge in [-0.1, -0.05) is 24.3 Å². The summed E-state index contributed by atoms with van der Waals surface area (Å²) in [5, 5.41) is 0. The summed E-state index contributed by atoms with van der Waals surface area (Å²) < 4.78 is 6.07. The molecule has 0 aliphatic carbocycles. The van der Waals surface area contributed by atoms with Gasteiger partial charge in [0.2, 0.25) is 0 Å². The summed E-state index contributed by atoms with van der Waals surface area (Å²) in [7, 11) is 1.59. The van der Waals surface area contributed by atoms with Gasteiger partial charge >= 0.3 is 0 Å². The minimum absolute atomic E-state index is 0.0221. The Bertz CT molecular complexity index is 549. The zero-order chi connectivity index (χ0) is 12.3. The Balaban J connectivity index is 2.40. The van der Waals surface area contributed by atoms with Gasteiger partial charge in [-0.25, -0.2) is 0 Å². The van der Waals surface area contributed by atoms with Crippen LogP contribution < -0.4 is 4.74 Å². The fourth-order valence-electron chi connectivity index (χ4n) is 1.57. The number of ketones is 1. The first-order valence-corrected chi connectivity index (χ1v) is 6.23. The zero-order valence-corrected chi connectivity index (χ0v) is 11.5. The molecule has 2 aromatic carbocycles. The van der Waals surface area contributed by atoms with Gasteiger partial charge in [0.1, 0.15) is 5.75 Å². The minimum atomic E-state index is 0.0221. The Morgan fingerprint density at radius 2 is 1.88 bits per heavy atom. The van der Waals surface area contributed by atoms with E-state index in [0.29, 0.717) is 11.3 Å². The quantitative estimate of drug-likeness (QED) is 0.632. The first-order chi connectivity index (χ1) is 8.22. The van der Waals surface area contributed by atoms with Crippen LogP contribution in [-0.2, 0) is 0 Å². The summed E-state index contributed by atoms with van der Waals surface area (Å²) in [5.41, 5.74) is 1.37. The molecule has 0 aliphatic rings. The smallest absolute Gasteiger partial charge is 0.194 e. The standard InChI is InChI=1S/C14H11IO2/c1-17-11-6-4-5-10(9-11)14(16)12-7-2-3-8-13(12)15/h2-9H,1H3. The molecule has 0 unspecified atom stereocenters. The largest absolute Gasteiger partial charge is 0.497 e. The highest BCUT2D eigenvalue weighted by molar-refractivity contribution is 14.1. The Morgan fingerprint density at radius 3 is 2.59 bits per heavy atom. The van der Waals surface area contributed by atoms with Crippen LogP contribution >= 0.6 is 22.6 Å². The number of carbonyl (C=O) groups is 1. The Morgan fingerprint density at radius 1 is 1.12 bits per heavy atom. The third-order valence-corrected chi connectivity index (χ3v) is 3.39. The van der Waals surface area contributed by atoms with Gasteiger partial charge in [-0.05, 0) is 46.9 Å². The third kappa shape index (κ3) is 2.66. The molecule has 0 N–H and O–H groups in total. The molecule has 0 aromatic heterocycles. The number of hydrogen-bond acceptors (Lipinski definition) is 2. The highest BCUT2D eigenvalue weighted by Gasteiger charge is 2.12. The maximum absolute atomic E-state index is 12.3. The van der Waals surface area contributed by atoms with Gasteiger partial charge in [-0.2, -0.15) is 0 Å². The first-order valence-electron chi connectivity index (χ1n) is 5.15. The molecule has 0 aliphatic heterocycles. The van der Waals surface area contributed by atoms with Gasteiger partial charge in [-0.15, -0.1) is 0 Å². The van der Waals surface area contributed by atoms with Crippen LogP contribution in [0.3, 0.4) is 0 Å². The van der Waals surface area contributed by atoms with Gasteiger partial charge in [0, 0.05) is 14.7 Å². The summed E-state index contributed by atoms with van der Waals surface area (Å²) >= 11 is 2.17. The molecular weight excluding hydrogens is 327 g/mol. The number of methoxy groups -OCH3 is 1. The van der Waals surface area contributed by atoms with Gasteiger partial charge < -0.3 is 4.74 Å². The van der Waals surface area contributed by atoms with Gasteiger partial charge in [0.05, 0.1) is 7.11 Å². The molecule has 0 amide bonds. The predicted octanol–water partition coefficient (Wildman–Crippen LogP) is 3.53. The van der Waals surface area contributed by atoms with Crippen LogP contribution in [0.25, 0.3) is 0 Å². The molecule has 17 heavy (non-hydrogen) atoms. The van der Waals surface area contributed by atoms with E-state index in [4.69, 9.17) is 4.74 Å². The van der Waals surface area contributed by atoms with Crippen molar-refractivity contribution in [2.45, 2.75) is 0 Å². The lowest BCUT2D eigenvalue weighted by Crippen LogP contribution is -2.03. The average Bonchev–Trinajstić information content (AvgIpc) is 2.38. The molecule has 0 spiro atoms. The summed E-state index contributed by atoms with van der Waals surface area (Å²) in [5.74, 6) is 0.718. The van der Waals surface area contributed by atoms with Crippen molar-refractivity contribution in [2.24, 2.45) is 0 Å². The molecule has 0 heterocycles. The molecule has 3 heteroatoms. The minimum Gasteiger partial charge on any atom is -0.497 e. The number of hydrogen-bond donors (Lipinski definition) is 0. The van der Waals surface area contributed by atoms with E-state index in [1.165, 1.54) is 0 Å². The number of ether oxygens (including phenoxy) is 1. The molecule has 0 fully saturated rings. The van der Waals surface area contributed by atoms with Crippen molar-refractivity contribution in [3.8, 4) is 5.75 Å². The van der Waals surface area contributed by atoms with E-state index in [0.717, 1.165) is 9.13 Å². The van der Waals surface area contributed by atoms with Crippen molar-refractivity contribution in [2.75, 3.05) is 7.11 Å². The molecule has 0 atom stereocenters. The summed E-state index contributed by atoms with van der Waals surface area (Å²) in [6.45, 7) is 0. The second-order valence-electron chi connectivity index (χ2n) is 3.54. The number of carbonyl (C=O) groups excluding carboxylic acids is 1. The molecule has 0 saturated heterocycles. The van der Waals surface area contributed by atoms with Crippen LogP contribution in [0, 0.1) is 3.57 Å². The summed E-state index contributed by atoms with van der Waals surface area (Å²) in [4.78, 5) is 12.3. The molecule has 2 rings (SSSR count). The summed E-state index contributed by atoms with van der Waals surface area (Å²) in [6, 6.07) is 14.8. The predicted molar refractivity (Wildman–Crippen MR) is 75.6 cm³/mol. The van der Waals surface area contributed by atoms with Gasteiger partial charge in [0.25, 0.3) is 0 Å². The van der Waals surface area contributed by atoms with Crippen molar-refractivity contribution in [1.29, 1.82) is 0 Å². The molecule has 0 radical (unpaired) electrons. The van der Waals surface area contributed by atoms with E-state index in [9.17, 15) is 4.79 Å². The topological polar surface area (TPSA) is 26.3 Å². The van der Waals surface area contributed by atoms with Crippen LogP contribution in [0.2, 0.25) is 0 Å². The van der Waals surface area contributed by atoms with Crippen molar-refractivity contribution in [3.63, 3.8) is 0 Å². The molecule has 86 valence electrons. The number of rotatable bonds is 3. The van der Waals surface area contributed by atoms with E-state index in [1.807, 2.05) is 36.4 Å². The average molecular weight is 338 g/mol. The van der Waals surface area contributed by atoms with Crippen LogP contribution in [0.5, 0.6) is 5.75 Å². The van der Waals surface area contributed by atoms with Gasteiger partial charge in [0.15, 0.2) is 5.78 Å². The lowest BCUT2D eigenvalue weighted by molar-refractivity contribution is 0.103. The van der Waals surface area contributed by atoms with Gasteiger partial charge in [-0.3, -0.25) is 4.79 Å². The van der Waals surface area contributed by atoms with Crippen LogP contribution in [0.1, 0.15) is 15.9 Å². The lowest BCUT2D eigenvalue weighted by Gasteiger charge is -2.05. The second-order valence-corrected chi connectivity index (χ2v) is 4.70. The Kier molecular flexibility index (Phi) is 3.78. The van der Waals surface area contributed by atoms with Crippen LogP contribution in [-0.4, -0.2) is 12.9 Å². The Hall–Kier alpha value is -1.36. The number of benzene rings is 2. The van der Waals surface area contributed by atoms with E-state index < -0.39 is 0 Å². The maximum Gasteiger partial charge on any atom is 0.194 e.